The van der Waals surface area contributed by atoms with Crippen molar-refractivity contribution in [1.82, 2.24) is 9.80 Å². The molecule has 1 spiro atoms. The normalized spacial score (nSPS) is 25.7. The molecule has 6 nitrogen and oxygen atoms in total. The van der Waals surface area contributed by atoms with Gasteiger partial charge in [0, 0.05) is 36.5 Å². The maximum Gasteiger partial charge on any atom is 0.257 e. The molecule has 0 unspecified atom stereocenters. The van der Waals surface area contributed by atoms with Crippen LogP contribution in [0, 0.1) is 5.41 Å². The van der Waals surface area contributed by atoms with Crippen LogP contribution >= 0.6 is 11.3 Å². The van der Waals surface area contributed by atoms with Crippen LogP contribution in [0.1, 0.15) is 34.5 Å². The number of furan rings is 1. The van der Waals surface area contributed by atoms with Crippen molar-refractivity contribution >= 4 is 23.2 Å². The SMILES string of the molecule is O=C(Cc1cccs1)N1CC[C@@H](O)[C@]2(CCCN(C(=O)c3ccoc3)C2)C1. The predicted octanol–water partition coefficient (Wildman–Crippen LogP) is 2.40. The number of likely N-dealkylation sites (tertiary alicyclic amines) is 2. The van der Waals surface area contributed by atoms with Crippen LogP contribution in [0.15, 0.2) is 40.5 Å². The molecule has 2 aromatic rings. The van der Waals surface area contributed by atoms with Crippen molar-refractivity contribution < 1.29 is 19.1 Å². The van der Waals surface area contributed by atoms with Gasteiger partial charge in [0.25, 0.3) is 5.91 Å². The first-order chi connectivity index (χ1) is 13.1. The van der Waals surface area contributed by atoms with E-state index in [9.17, 15) is 14.7 Å². The molecule has 2 fully saturated rings. The van der Waals surface area contributed by atoms with Crippen molar-refractivity contribution in [3.05, 3.63) is 46.5 Å². The van der Waals surface area contributed by atoms with Crippen molar-refractivity contribution in [2.45, 2.75) is 31.8 Å². The van der Waals surface area contributed by atoms with Gasteiger partial charge in [-0.25, -0.2) is 0 Å². The molecular weight excluding hydrogens is 364 g/mol. The van der Waals surface area contributed by atoms with E-state index in [1.165, 1.54) is 12.5 Å². The Morgan fingerprint density at radius 2 is 2.11 bits per heavy atom. The highest BCUT2D eigenvalue weighted by Crippen LogP contribution is 2.39. The molecule has 4 heterocycles. The molecule has 2 aliphatic heterocycles. The fourth-order valence-electron chi connectivity index (χ4n) is 4.34. The lowest BCUT2D eigenvalue weighted by molar-refractivity contribution is -0.141. The van der Waals surface area contributed by atoms with Gasteiger partial charge in [0.15, 0.2) is 0 Å². The molecular formula is C20H24N2O4S. The Bertz CT molecular complexity index is 789. The topological polar surface area (TPSA) is 74.0 Å². The highest BCUT2D eigenvalue weighted by Gasteiger charge is 2.47. The summed E-state index contributed by atoms with van der Waals surface area (Å²) in [5.74, 6) is 0.0269. The van der Waals surface area contributed by atoms with E-state index in [4.69, 9.17) is 4.42 Å². The Morgan fingerprint density at radius 3 is 2.85 bits per heavy atom. The van der Waals surface area contributed by atoms with Gasteiger partial charge >= 0.3 is 0 Å². The molecule has 2 aromatic heterocycles. The number of hydrogen-bond donors (Lipinski definition) is 1. The first kappa shape index (κ1) is 18.3. The fraction of sp³-hybridized carbons (Fsp3) is 0.500. The number of nitrogens with zero attached hydrogens (tertiary/aromatic N) is 2. The van der Waals surface area contributed by atoms with Gasteiger partial charge in [-0.3, -0.25) is 9.59 Å². The number of piperidine rings is 2. The molecule has 2 atom stereocenters. The Kier molecular flexibility index (Phi) is 5.06. The Morgan fingerprint density at radius 1 is 1.26 bits per heavy atom. The van der Waals surface area contributed by atoms with Gasteiger partial charge in [0.05, 0.1) is 24.4 Å². The number of carbonyl (C=O) groups is 2. The minimum atomic E-state index is -0.497. The molecule has 2 aliphatic rings. The third-order valence-electron chi connectivity index (χ3n) is 5.81. The zero-order valence-corrected chi connectivity index (χ0v) is 16.0. The molecule has 7 heteroatoms. The highest BCUT2D eigenvalue weighted by atomic mass is 32.1. The average molecular weight is 388 g/mol. The fourth-order valence-corrected chi connectivity index (χ4v) is 5.03. The van der Waals surface area contributed by atoms with Crippen molar-refractivity contribution in [3.63, 3.8) is 0 Å². The summed E-state index contributed by atoms with van der Waals surface area (Å²) in [6, 6.07) is 5.59. The molecule has 27 heavy (non-hydrogen) atoms. The first-order valence-corrected chi connectivity index (χ1v) is 10.3. The van der Waals surface area contributed by atoms with Crippen molar-refractivity contribution in [3.8, 4) is 0 Å². The second-order valence-corrected chi connectivity index (χ2v) is 8.61. The third-order valence-corrected chi connectivity index (χ3v) is 6.68. The quantitative estimate of drug-likeness (QED) is 0.876. The lowest BCUT2D eigenvalue weighted by Gasteiger charge is -2.51. The van der Waals surface area contributed by atoms with E-state index in [2.05, 4.69) is 0 Å². The van der Waals surface area contributed by atoms with Crippen molar-refractivity contribution in [1.29, 1.82) is 0 Å². The summed E-state index contributed by atoms with van der Waals surface area (Å²) in [7, 11) is 0. The average Bonchev–Trinajstić information content (AvgIpc) is 3.37. The number of aliphatic hydroxyl groups excluding tert-OH is 1. The number of carbonyl (C=O) groups excluding carboxylic acids is 2. The Balaban J connectivity index is 1.48. The van der Waals surface area contributed by atoms with E-state index in [1.807, 2.05) is 22.4 Å². The standard InChI is InChI=1S/C20H24N2O4S/c23-17-4-8-21(18(24)11-16-3-1-10-27-16)13-20(17)6-2-7-22(14-20)19(25)15-5-9-26-12-15/h1,3,5,9-10,12,17,23H,2,4,6-8,11,13-14H2/t17-,20-/m1/s1. The van der Waals surface area contributed by atoms with Crippen LogP contribution in [-0.2, 0) is 11.2 Å². The molecule has 144 valence electrons. The maximum absolute atomic E-state index is 12.8. The predicted molar refractivity (Wildman–Crippen MR) is 102 cm³/mol. The monoisotopic (exact) mass is 388 g/mol. The van der Waals surface area contributed by atoms with E-state index in [1.54, 1.807) is 22.3 Å². The Labute approximate surface area is 162 Å². The number of amides is 2. The maximum atomic E-state index is 12.8. The van der Waals surface area contributed by atoms with E-state index in [-0.39, 0.29) is 11.8 Å². The van der Waals surface area contributed by atoms with Crippen LogP contribution in [0.5, 0.6) is 0 Å². The van der Waals surface area contributed by atoms with Crippen molar-refractivity contribution in [2.75, 3.05) is 26.2 Å². The number of aliphatic hydroxyl groups is 1. The first-order valence-electron chi connectivity index (χ1n) is 9.37. The van der Waals surface area contributed by atoms with Gasteiger partial charge in [-0.15, -0.1) is 11.3 Å². The lowest BCUT2D eigenvalue weighted by Crippen LogP contribution is -2.60. The van der Waals surface area contributed by atoms with Crippen LogP contribution in [-0.4, -0.2) is 59.0 Å². The lowest BCUT2D eigenvalue weighted by atomic mass is 9.71. The second-order valence-electron chi connectivity index (χ2n) is 7.58. The largest absolute Gasteiger partial charge is 0.472 e. The minimum Gasteiger partial charge on any atom is -0.472 e. The summed E-state index contributed by atoms with van der Waals surface area (Å²) in [5.41, 5.74) is 0.0871. The molecule has 0 radical (unpaired) electrons. The minimum absolute atomic E-state index is 0.0722. The zero-order valence-electron chi connectivity index (χ0n) is 15.2. The second kappa shape index (κ2) is 7.48. The molecule has 4 rings (SSSR count). The van der Waals surface area contributed by atoms with Crippen LogP contribution in [0.4, 0.5) is 0 Å². The molecule has 1 N–H and O–H groups in total. The molecule has 0 aliphatic carbocycles. The van der Waals surface area contributed by atoms with Crippen LogP contribution in [0.3, 0.4) is 0 Å². The highest BCUT2D eigenvalue weighted by molar-refractivity contribution is 7.10. The van der Waals surface area contributed by atoms with Crippen LogP contribution < -0.4 is 0 Å². The molecule has 0 saturated carbocycles. The summed E-state index contributed by atoms with van der Waals surface area (Å²) in [6.07, 6.45) is 5.07. The summed E-state index contributed by atoms with van der Waals surface area (Å²) < 4.78 is 5.03. The van der Waals surface area contributed by atoms with Gasteiger partial charge in [0.2, 0.25) is 5.91 Å². The van der Waals surface area contributed by atoms with Gasteiger partial charge in [-0.05, 0) is 36.8 Å². The smallest absolute Gasteiger partial charge is 0.257 e. The summed E-state index contributed by atoms with van der Waals surface area (Å²) in [5, 5.41) is 12.8. The van der Waals surface area contributed by atoms with Crippen LogP contribution in [0.25, 0.3) is 0 Å². The third kappa shape index (κ3) is 3.66. The molecule has 0 bridgehead atoms. The van der Waals surface area contributed by atoms with Crippen molar-refractivity contribution in [2.24, 2.45) is 5.41 Å². The van der Waals surface area contributed by atoms with E-state index in [0.29, 0.717) is 44.6 Å². The Hall–Kier alpha value is -2.12. The van der Waals surface area contributed by atoms with E-state index >= 15 is 0 Å². The van der Waals surface area contributed by atoms with Gasteiger partial charge in [-0.1, -0.05) is 6.07 Å². The number of rotatable bonds is 3. The molecule has 2 amide bonds. The summed E-state index contributed by atoms with van der Waals surface area (Å²) in [6.45, 7) is 2.22. The molecule has 0 aromatic carbocycles. The number of thiophene rings is 1. The zero-order chi connectivity index (χ0) is 18.9. The van der Waals surface area contributed by atoms with Gasteiger partial charge < -0.3 is 19.3 Å². The molecule has 2 saturated heterocycles. The number of hydrogen-bond acceptors (Lipinski definition) is 5. The van der Waals surface area contributed by atoms with Gasteiger partial charge in [0.1, 0.15) is 6.26 Å². The van der Waals surface area contributed by atoms with E-state index < -0.39 is 11.5 Å². The van der Waals surface area contributed by atoms with Crippen LogP contribution in [0.2, 0.25) is 0 Å². The summed E-state index contributed by atoms with van der Waals surface area (Å²) in [4.78, 5) is 30.2. The van der Waals surface area contributed by atoms with E-state index in [0.717, 1.165) is 17.7 Å². The van der Waals surface area contributed by atoms with Gasteiger partial charge in [-0.2, -0.15) is 0 Å². The summed E-state index contributed by atoms with van der Waals surface area (Å²) >= 11 is 1.59.